The van der Waals surface area contributed by atoms with Gasteiger partial charge in [-0.25, -0.2) is 0 Å². The molecule has 7 atom stereocenters. The average Bonchev–Trinajstić information content (AvgIpc) is 3.17. The van der Waals surface area contributed by atoms with Crippen LogP contribution in [0.2, 0.25) is 0 Å². The van der Waals surface area contributed by atoms with Crippen molar-refractivity contribution < 1.29 is 39.5 Å². The number of carbonyl (C=O) groups excluding carboxylic acids is 2. The van der Waals surface area contributed by atoms with Crippen LogP contribution in [0.1, 0.15) is 5.56 Å². The standard InChI is InChI=1S/C20H25N3O8/c24-7-14-15(25)16(26)17(27)20(31-14)30-8-13-19(29)22-12(18(28)23-13)5-9-6-21-11-4-2-1-3-10(9)11/h1-4,6,12-17,20-21,24-27H,5,7-8H2,(H,22,29)(H,23,28)/t12-,13-,14+,15+,16-,17+,20+/m0/s1. The molecule has 2 fully saturated rings. The zero-order chi connectivity index (χ0) is 22.1. The van der Waals surface area contributed by atoms with Gasteiger partial charge in [-0.1, -0.05) is 18.2 Å². The Kier molecular flexibility index (Phi) is 6.23. The number of piperazine rings is 1. The molecule has 0 radical (unpaired) electrons. The van der Waals surface area contributed by atoms with Crippen LogP contribution in [0.5, 0.6) is 0 Å². The first-order chi connectivity index (χ1) is 14.9. The first-order valence-corrected chi connectivity index (χ1v) is 9.97. The molecule has 11 heteroatoms. The van der Waals surface area contributed by atoms with Gasteiger partial charge in [0.15, 0.2) is 6.29 Å². The molecule has 0 spiro atoms. The third-order valence-electron chi connectivity index (χ3n) is 5.64. The van der Waals surface area contributed by atoms with E-state index in [0.717, 1.165) is 16.5 Å². The van der Waals surface area contributed by atoms with Gasteiger partial charge in [-0.05, 0) is 11.6 Å². The minimum absolute atomic E-state index is 0.307. The molecule has 11 nitrogen and oxygen atoms in total. The molecule has 2 aliphatic heterocycles. The summed E-state index contributed by atoms with van der Waals surface area (Å²) in [6, 6.07) is 5.86. The number of hydrogen-bond donors (Lipinski definition) is 7. The molecular formula is C20H25N3O8. The molecule has 2 aromatic rings. The first kappa shape index (κ1) is 21.7. The number of carbonyl (C=O) groups is 2. The van der Waals surface area contributed by atoms with Crippen molar-refractivity contribution in [3.8, 4) is 0 Å². The maximum Gasteiger partial charge on any atom is 0.245 e. The van der Waals surface area contributed by atoms with E-state index in [4.69, 9.17) is 9.47 Å². The number of benzene rings is 1. The number of fused-ring (bicyclic) bond motifs is 1. The fraction of sp³-hybridized carbons (Fsp3) is 0.500. The van der Waals surface area contributed by atoms with E-state index in [2.05, 4.69) is 15.6 Å². The number of amides is 2. The van der Waals surface area contributed by atoms with Gasteiger partial charge in [0.1, 0.15) is 36.5 Å². The predicted octanol–water partition coefficient (Wildman–Crippen LogP) is -2.49. The van der Waals surface area contributed by atoms with E-state index >= 15 is 0 Å². The molecule has 4 rings (SSSR count). The van der Waals surface area contributed by atoms with E-state index < -0.39 is 55.3 Å². The highest BCUT2D eigenvalue weighted by Crippen LogP contribution is 2.23. The molecule has 2 saturated heterocycles. The smallest absolute Gasteiger partial charge is 0.245 e. The van der Waals surface area contributed by atoms with E-state index in [1.54, 1.807) is 6.20 Å². The number of para-hydroxylation sites is 1. The fourth-order valence-electron chi connectivity index (χ4n) is 3.85. The molecule has 1 aromatic heterocycles. The number of aliphatic hydroxyl groups excluding tert-OH is 4. The Labute approximate surface area is 177 Å². The van der Waals surface area contributed by atoms with Crippen molar-refractivity contribution in [2.45, 2.75) is 49.2 Å². The summed E-state index contributed by atoms with van der Waals surface area (Å²) >= 11 is 0. The number of aromatic amines is 1. The Morgan fingerprint density at radius 3 is 2.45 bits per heavy atom. The van der Waals surface area contributed by atoms with Crippen LogP contribution < -0.4 is 10.6 Å². The molecule has 7 N–H and O–H groups in total. The Morgan fingerprint density at radius 2 is 1.68 bits per heavy atom. The van der Waals surface area contributed by atoms with Crippen molar-refractivity contribution in [3.05, 3.63) is 36.0 Å². The molecule has 168 valence electrons. The van der Waals surface area contributed by atoms with Crippen LogP contribution >= 0.6 is 0 Å². The third kappa shape index (κ3) is 4.28. The van der Waals surface area contributed by atoms with Crippen LogP contribution in [0.25, 0.3) is 10.9 Å². The second-order valence-electron chi connectivity index (χ2n) is 7.72. The van der Waals surface area contributed by atoms with Crippen molar-refractivity contribution in [2.24, 2.45) is 0 Å². The van der Waals surface area contributed by atoms with Gasteiger partial charge in [-0.3, -0.25) is 9.59 Å². The number of ether oxygens (including phenoxy) is 2. The molecule has 2 aliphatic rings. The lowest BCUT2D eigenvalue weighted by Gasteiger charge is -2.40. The van der Waals surface area contributed by atoms with Gasteiger partial charge in [0, 0.05) is 23.5 Å². The summed E-state index contributed by atoms with van der Waals surface area (Å²) in [7, 11) is 0. The van der Waals surface area contributed by atoms with Crippen LogP contribution in [-0.4, -0.2) is 93.2 Å². The molecule has 3 heterocycles. The zero-order valence-corrected chi connectivity index (χ0v) is 16.5. The number of hydrogen-bond acceptors (Lipinski definition) is 8. The minimum atomic E-state index is -1.59. The van der Waals surface area contributed by atoms with Crippen LogP contribution in [-0.2, 0) is 25.5 Å². The summed E-state index contributed by atoms with van der Waals surface area (Å²) < 4.78 is 10.6. The van der Waals surface area contributed by atoms with Crippen LogP contribution in [0, 0.1) is 0 Å². The van der Waals surface area contributed by atoms with Crippen molar-refractivity contribution >= 4 is 22.7 Å². The summed E-state index contributed by atoms with van der Waals surface area (Å²) in [6.45, 7) is -0.930. The number of aromatic nitrogens is 1. The normalized spacial score (nSPS) is 33.9. The zero-order valence-electron chi connectivity index (χ0n) is 16.5. The van der Waals surface area contributed by atoms with Gasteiger partial charge >= 0.3 is 0 Å². The Balaban J connectivity index is 1.35. The third-order valence-corrected chi connectivity index (χ3v) is 5.64. The molecule has 0 aliphatic carbocycles. The van der Waals surface area contributed by atoms with Gasteiger partial charge in [-0.2, -0.15) is 0 Å². The SMILES string of the molecule is O=C1N[C@@H](Cc2c[nH]c3ccccc23)C(=O)N[C@H]1CO[C@@H]1O[C@H](CO)[C@@H](O)[C@H](O)[C@H]1O. The van der Waals surface area contributed by atoms with E-state index in [9.17, 15) is 30.0 Å². The molecular weight excluding hydrogens is 410 g/mol. The highest BCUT2D eigenvalue weighted by Gasteiger charge is 2.45. The topological polar surface area (TPSA) is 173 Å². The van der Waals surface area contributed by atoms with Gasteiger partial charge in [0.05, 0.1) is 13.2 Å². The molecule has 31 heavy (non-hydrogen) atoms. The van der Waals surface area contributed by atoms with Gasteiger partial charge in [0.25, 0.3) is 0 Å². The van der Waals surface area contributed by atoms with Gasteiger partial charge in [0.2, 0.25) is 11.8 Å². The molecule has 0 saturated carbocycles. The largest absolute Gasteiger partial charge is 0.394 e. The van der Waals surface area contributed by atoms with Gasteiger partial charge in [-0.15, -0.1) is 0 Å². The maximum atomic E-state index is 12.5. The first-order valence-electron chi connectivity index (χ1n) is 9.97. The van der Waals surface area contributed by atoms with E-state index in [1.807, 2.05) is 24.3 Å². The number of rotatable bonds is 6. The summed E-state index contributed by atoms with van der Waals surface area (Å²) in [5, 5.41) is 45.1. The molecule has 1 aromatic carbocycles. The Morgan fingerprint density at radius 1 is 0.968 bits per heavy atom. The minimum Gasteiger partial charge on any atom is -0.394 e. The van der Waals surface area contributed by atoms with Crippen LogP contribution in [0.3, 0.4) is 0 Å². The highest BCUT2D eigenvalue weighted by atomic mass is 16.7. The van der Waals surface area contributed by atoms with E-state index in [0.29, 0.717) is 6.42 Å². The van der Waals surface area contributed by atoms with E-state index in [1.165, 1.54) is 0 Å². The molecule has 0 unspecified atom stereocenters. The van der Waals surface area contributed by atoms with Crippen molar-refractivity contribution in [1.82, 2.24) is 15.6 Å². The van der Waals surface area contributed by atoms with Crippen molar-refractivity contribution in [1.29, 1.82) is 0 Å². The quantitative estimate of drug-likeness (QED) is 0.261. The number of aliphatic hydroxyl groups is 4. The molecule has 0 bridgehead atoms. The van der Waals surface area contributed by atoms with Gasteiger partial charge < -0.3 is 45.5 Å². The average molecular weight is 435 g/mol. The predicted molar refractivity (Wildman–Crippen MR) is 106 cm³/mol. The maximum absolute atomic E-state index is 12.5. The summed E-state index contributed by atoms with van der Waals surface area (Å²) in [5.41, 5.74) is 1.83. The summed E-state index contributed by atoms with van der Waals surface area (Å²) in [5.74, 6) is -0.846. The fourth-order valence-corrected chi connectivity index (χ4v) is 3.85. The second kappa shape index (κ2) is 8.91. The lowest BCUT2D eigenvalue weighted by molar-refractivity contribution is -0.301. The number of nitrogens with one attached hydrogen (secondary N) is 3. The highest BCUT2D eigenvalue weighted by molar-refractivity contribution is 5.97. The monoisotopic (exact) mass is 435 g/mol. The molecule has 2 amide bonds. The summed E-state index contributed by atoms with van der Waals surface area (Å²) in [4.78, 5) is 28.2. The Bertz CT molecular complexity index is 947. The second-order valence-corrected chi connectivity index (χ2v) is 7.72. The van der Waals surface area contributed by atoms with Crippen molar-refractivity contribution in [2.75, 3.05) is 13.2 Å². The lowest BCUT2D eigenvalue weighted by Crippen LogP contribution is -2.64. The lowest BCUT2D eigenvalue weighted by atomic mass is 9.99. The van der Waals surface area contributed by atoms with Crippen LogP contribution in [0.4, 0.5) is 0 Å². The van der Waals surface area contributed by atoms with Crippen LogP contribution in [0.15, 0.2) is 30.5 Å². The Hall–Kier alpha value is -2.54. The van der Waals surface area contributed by atoms with E-state index in [-0.39, 0.29) is 12.5 Å². The number of H-pyrrole nitrogens is 1. The van der Waals surface area contributed by atoms with Crippen molar-refractivity contribution in [3.63, 3.8) is 0 Å². The summed E-state index contributed by atoms with van der Waals surface area (Å²) in [6.07, 6.45) is -5.09.